The maximum atomic E-state index is 12.9. The molecule has 2 aromatic heterocycles. The molecule has 2 aromatic rings. The summed E-state index contributed by atoms with van der Waals surface area (Å²) in [4.78, 5) is 12.9. The van der Waals surface area contributed by atoms with Gasteiger partial charge in [0, 0.05) is 37.3 Å². The number of aromatic nitrogens is 5. The number of aromatic amines is 1. The molecule has 1 aliphatic heterocycles. The zero-order valence-electron chi connectivity index (χ0n) is 15.5. The van der Waals surface area contributed by atoms with Crippen LogP contribution in [0, 0.1) is 5.92 Å². The van der Waals surface area contributed by atoms with Crippen molar-refractivity contribution in [1.82, 2.24) is 35.6 Å². The second-order valence-electron chi connectivity index (χ2n) is 7.66. The number of nitrogens with one attached hydrogen (secondary N) is 3. The predicted octanol–water partition coefficient (Wildman–Crippen LogP) is 1.15. The van der Waals surface area contributed by atoms with Crippen LogP contribution in [0.4, 0.5) is 0 Å². The molecule has 8 nitrogen and oxygen atoms in total. The summed E-state index contributed by atoms with van der Waals surface area (Å²) in [5.74, 6) is 2.17. The lowest BCUT2D eigenvalue weighted by molar-refractivity contribution is 0.0923. The van der Waals surface area contributed by atoms with Crippen LogP contribution in [0.5, 0.6) is 0 Å². The van der Waals surface area contributed by atoms with Gasteiger partial charge in [-0.15, -0.1) is 10.2 Å². The van der Waals surface area contributed by atoms with Crippen LogP contribution in [0.3, 0.4) is 0 Å². The molecule has 0 spiro atoms. The van der Waals surface area contributed by atoms with E-state index in [-0.39, 0.29) is 11.9 Å². The van der Waals surface area contributed by atoms with E-state index in [9.17, 15) is 4.79 Å². The van der Waals surface area contributed by atoms with E-state index in [1.807, 2.05) is 0 Å². The van der Waals surface area contributed by atoms with Crippen LogP contribution >= 0.6 is 0 Å². The second-order valence-corrected chi connectivity index (χ2v) is 7.66. The summed E-state index contributed by atoms with van der Waals surface area (Å²) < 4.78 is 2.17. The van der Waals surface area contributed by atoms with Crippen LogP contribution in [0.2, 0.25) is 0 Å². The summed E-state index contributed by atoms with van der Waals surface area (Å²) in [5.41, 5.74) is 2.73. The summed E-state index contributed by atoms with van der Waals surface area (Å²) in [6, 6.07) is -0.157. The van der Waals surface area contributed by atoms with Gasteiger partial charge < -0.3 is 15.2 Å². The Bertz CT molecular complexity index is 792. The zero-order valence-corrected chi connectivity index (χ0v) is 15.5. The SMILES string of the molecule is CC(C)C[C@H](NC(=O)c1n[nH]c2c1CCC2)c1nnc2n1CCNCC2. The Balaban J connectivity index is 1.59. The Morgan fingerprint density at radius 2 is 2.12 bits per heavy atom. The molecule has 3 N–H and O–H groups in total. The van der Waals surface area contributed by atoms with Gasteiger partial charge >= 0.3 is 0 Å². The third-order valence-corrected chi connectivity index (χ3v) is 5.24. The molecular weight excluding hydrogens is 330 g/mol. The Morgan fingerprint density at radius 1 is 1.23 bits per heavy atom. The maximum Gasteiger partial charge on any atom is 0.272 e. The number of fused-ring (bicyclic) bond motifs is 2. The average molecular weight is 357 g/mol. The standard InChI is InChI=1S/C18H27N7O/c1-11(2)10-14(17-24-22-15-6-7-19-8-9-25(15)17)20-18(26)16-12-4-3-5-13(12)21-23-16/h11,14,19H,3-10H2,1-2H3,(H,20,26)(H,21,23)/t14-/m0/s1. The first-order valence-corrected chi connectivity index (χ1v) is 9.63. The molecule has 0 fully saturated rings. The highest BCUT2D eigenvalue weighted by molar-refractivity contribution is 5.94. The number of rotatable bonds is 5. The lowest BCUT2D eigenvalue weighted by atomic mass is 10.0. The van der Waals surface area contributed by atoms with E-state index >= 15 is 0 Å². The number of hydrogen-bond donors (Lipinski definition) is 3. The summed E-state index contributed by atoms with van der Waals surface area (Å²) in [5, 5.41) is 22.7. The molecule has 3 heterocycles. The van der Waals surface area contributed by atoms with Gasteiger partial charge in [0.2, 0.25) is 0 Å². The number of H-pyrrole nitrogens is 1. The fourth-order valence-electron chi connectivity index (χ4n) is 3.99. The molecule has 0 unspecified atom stereocenters. The van der Waals surface area contributed by atoms with E-state index in [2.05, 4.69) is 49.4 Å². The van der Waals surface area contributed by atoms with Gasteiger partial charge in [-0.05, 0) is 31.6 Å². The van der Waals surface area contributed by atoms with Gasteiger partial charge in [-0.1, -0.05) is 13.8 Å². The fraction of sp³-hybridized carbons (Fsp3) is 0.667. The maximum absolute atomic E-state index is 12.9. The number of nitrogens with zero attached hydrogens (tertiary/aromatic N) is 4. The van der Waals surface area contributed by atoms with Crippen molar-refractivity contribution >= 4 is 5.91 Å². The van der Waals surface area contributed by atoms with Gasteiger partial charge in [0.25, 0.3) is 5.91 Å². The molecule has 0 radical (unpaired) electrons. The van der Waals surface area contributed by atoms with Crippen LogP contribution in [-0.2, 0) is 25.8 Å². The number of carbonyl (C=O) groups is 1. The van der Waals surface area contributed by atoms with Crippen LogP contribution in [0.1, 0.15) is 66.1 Å². The molecule has 0 aromatic carbocycles. The van der Waals surface area contributed by atoms with Crippen LogP contribution in [-0.4, -0.2) is 44.0 Å². The van der Waals surface area contributed by atoms with Gasteiger partial charge in [0.15, 0.2) is 11.5 Å². The first-order chi connectivity index (χ1) is 12.6. The largest absolute Gasteiger partial charge is 0.341 e. The minimum absolute atomic E-state index is 0.112. The molecule has 8 heteroatoms. The lowest BCUT2D eigenvalue weighted by Gasteiger charge is -2.21. The summed E-state index contributed by atoms with van der Waals surface area (Å²) >= 11 is 0. The zero-order chi connectivity index (χ0) is 18.1. The molecule has 0 bridgehead atoms. The molecular formula is C18H27N7O. The smallest absolute Gasteiger partial charge is 0.272 e. The van der Waals surface area contributed by atoms with Crippen molar-refractivity contribution in [3.63, 3.8) is 0 Å². The topological polar surface area (TPSA) is 101 Å². The van der Waals surface area contributed by atoms with Crippen molar-refractivity contribution in [2.45, 2.75) is 58.5 Å². The monoisotopic (exact) mass is 357 g/mol. The first-order valence-electron chi connectivity index (χ1n) is 9.63. The van der Waals surface area contributed by atoms with Gasteiger partial charge in [0.1, 0.15) is 5.82 Å². The minimum atomic E-state index is -0.157. The second kappa shape index (κ2) is 7.19. The first kappa shape index (κ1) is 17.2. The summed E-state index contributed by atoms with van der Waals surface area (Å²) in [7, 11) is 0. The molecule has 1 amide bonds. The fourth-order valence-corrected chi connectivity index (χ4v) is 3.99. The average Bonchev–Trinajstić information content (AvgIpc) is 3.26. The van der Waals surface area contributed by atoms with Gasteiger partial charge in [-0.2, -0.15) is 5.10 Å². The van der Waals surface area contributed by atoms with Crippen LogP contribution in [0.25, 0.3) is 0 Å². The third kappa shape index (κ3) is 3.25. The van der Waals surface area contributed by atoms with Crippen molar-refractivity contribution in [3.05, 3.63) is 28.6 Å². The van der Waals surface area contributed by atoms with E-state index in [0.717, 1.165) is 74.6 Å². The van der Waals surface area contributed by atoms with Gasteiger partial charge in [-0.25, -0.2) is 0 Å². The molecule has 26 heavy (non-hydrogen) atoms. The molecule has 0 saturated carbocycles. The summed E-state index contributed by atoms with van der Waals surface area (Å²) in [6.45, 7) is 6.96. The highest BCUT2D eigenvalue weighted by Gasteiger charge is 2.28. The van der Waals surface area contributed by atoms with Gasteiger partial charge in [0.05, 0.1) is 6.04 Å². The quantitative estimate of drug-likeness (QED) is 0.745. The minimum Gasteiger partial charge on any atom is -0.341 e. The number of carbonyl (C=O) groups excluding carboxylic acids is 1. The Kier molecular flexibility index (Phi) is 4.76. The van der Waals surface area contributed by atoms with Crippen molar-refractivity contribution in [1.29, 1.82) is 0 Å². The number of aryl methyl sites for hydroxylation is 1. The van der Waals surface area contributed by atoms with E-state index in [1.54, 1.807) is 0 Å². The van der Waals surface area contributed by atoms with E-state index < -0.39 is 0 Å². The third-order valence-electron chi connectivity index (χ3n) is 5.24. The van der Waals surface area contributed by atoms with Gasteiger partial charge in [-0.3, -0.25) is 9.89 Å². The van der Waals surface area contributed by atoms with Crippen molar-refractivity contribution in [2.75, 3.05) is 13.1 Å². The van der Waals surface area contributed by atoms with Crippen LogP contribution in [0.15, 0.2) is 0 Å². The van der Waals surface area contributed by atoms with E-state index in [1.165, 1.54) is 0 Å². The molecule has 1 aliphatic carbocycles. The molecule has 0 saturated heterocycles. The van der Waals surface area contributed by atoms with E-state index in [4.69, 9.17) is 0 Å². The number of amides is 1. The van der Waals surface area contributed by atoms with Crippen molar-refractivity contribution in [3.8, 4) is 0 Å². The molecule has 140 valence electrons. The summed E-state index contributed by atoms with van der Waals surface area (Å²) in [6.07, 6.45) is 4.68. The Hall–Kier alpha value is -2.22. The molecule has 1 atom stereocenters. The Labute approximate surface area is 153 Å². The van der Waals surface area contributed by atoms with Crippen molar-refractivity contribution < 1.29 is 4.79 Å². The predicted molar refractivity (Wildman–Crippen MR) is 96.9 cm³/mol. The Morgan fingerprint density at radius 3 is 2.96 bits per heavy atom. The number of hydrogen-bond acceptors (Lipinski definition) is 5. The molecule has 2 aliphatic rings. The lowest BCUT2D eigenvalue weighted by Crippen LogP contribution is -2.33. The normalized spacial score (nSPS) is 17.7. The van der Waals surface area contributed by atoms with Crippen LogP contribution < -0.4 is 10.6 Å². The highest BCUT2D eigenvalue weighted by Crippen LogP contribution is 2.25. The highest BCUT2D eigenvalue weighted by atomic mass is 16.2. The molecule has 4 rings (SSSR count). The van der Waals surface area contributed by atoms with Crippen molar-refractivity contribution in [2.24, 2.45) is 5.92 Å². The van der Waals surface area contributed by atoms with E-state index in [0.29, 0.717) is 11.6 Å².